The van der Waals surface area contributed by atoms with Crippen LogP contribution in [-0.2, 0) is 4.74 Å². The van der Waals surface area contributed by atoms with Gasteiger partial charge in [0.25, 0.3) is 0 Å². The average Bonchev–Trinajstić information content (AvgIpc) is 2.75. The van der Waals surface area contributed by atoms with Crippen LogP contribution in [0.3, 0.4) is 0 Å². The third-order valence-electron chi connectivity index (χ3n) is 2.17. The second kappa shape index (κ2) is 3.55. The summed E-state index contributed by atoms with van der Waals surface area (Å²) in [6, 6.07) is 0. The van der Waals surface area contributed by atoms with Crippen molar-refractivity contribution < 1.29 is 9.53 Å². The van der Waals surface area contributed by atoms with Crippen molar-refractivity contribution in [1.29, 1.82) is 0 Å². The Labute approximate surface area is 80.8 Å². The highest BCUT2D eigenvalue weighted by molar-refractivity contribution is 7.11. The number of hydrogen-bond acceptors (Lipinski definition) is 4. The van der Waals surface area contributed by atoms with Crippen molar-refractivity contribution in [3.05, 3.63) is 16.1 Å². The Bertz CT molecular complexity index is 315. The van der Waals surface area contributed by atoms with Crippen LogP contribution in [0.4, 0.5) is 0 Å². The van der Waals surface area contributed by atoms with Crippen molar-refractivity contribution in [2.75, 3.05) is 13.2 Å². The van der Waals surface area contributed by atoms with Crippen molar-refractivity contribution >= 4 is 17.1 Å². The summed E-state index contributed by atoms with van der Waals surface area (Å²) in [5.41, 5.74) is 1.02. The zero-order valence-corrected chi connectivity index (χ0v) is 8.26. The number of ether oxygens (including phenoxy) is 1. The molecule has 3 nitrogen and oxygen atoms in total. The highest BCUT2D eigenvalue weighted by Gasteiger charge is 2.20. The third-order valence-corrected chi connectivity index (χ3v) is 3.13. The molecule has 0 N–H and O–H groups in total. The molecule has 1 unspecified atom stereocenters. The summed E-state index contributed by atoms with van der Waals surface area (Å²) in [6.07, 6.45) is 1.03. The molecule has 2 rings (SSSR count). The predicted octanol–water partition coefficient (Wildman–Crippen LogP) is 1.85. The molecule has 0 bridgehead atoms. The molecule has 0 radical (unpaired) electrons. The number of carbonyl (C=O) groups excluding carboxylic acids is 1. The van der Waals surface area contributed by atoms with E-state index in [-0.39, 0.29) is 5.78 Å². The maximum atomic E-state index is 11.0. The minimum absolute atomic E-state index is 0.0511. The first-order chi connectivity index (χ1) is 6.27. The first-order valence-corrected chi connectivity index (χ1v) is 5.19. The van der Waals surface area contributed by atoms with Gasteiger partial charge in [-0.05, 0) is 6.42 Å². The number of hydrogen-bond donors (Lipinski definition) is 0. The molecule has 4 heteroatoms. The van der Waals surface area contributed by atoms with Gasteiger partial charge >= 0.3 is 0 Å². The van der Waals surface area contributed by atoms with Crippen LogP contribution in [0.25, 0.3) is 0 Å². The van der Waals surface area contributed by atoms with Gasteiger partial charge in [0.15, 0.2) is 10.8 Å². The summed E-state index contributed by atoms with van der Waals surface area (Å²) in [4.78, 5) is 15.3. The maximum absolute atomic E-state index is 11.0. The van der Waals surface area contributed by atoms with Crippen molar-refractivity contribution in [1.82, 2.24) is 4.98 Å². The predicted molar refractivity (Wildman–Crippen MR) is 50.3 cm³/mol. The molecule has 70 valence electrons. The first-order valence-electron chi connectivity index (χ1n) is 4.31. The minimum Gasteiger partial charge on any atom is -0.381 e. The van der Waals surface area contributed by atoms with Crippen LogP contribution in [0.15, 0.2) is 5.38 Å². The molecule has 1 aliphatic heterocycles. The Kier molecular flexibility index (Phi) is 2.42. The van der Waals surface area contributed by atoms with Crippen molar-refractivity contribution in [2.24, 2.45) is 0 Å². The van der Waals surface area contributed by atoms with Gasteiger partial charge in [0.2, 0.25) is 0 Å². The zero-order chi connectivity index (χ0) is 9.26. The molecular weight excluding hydrogens is 186 g/mol. The van der Waals surface area contributed by atoms with Crippen molar-refractivity contribution in [2.45, 2.75) is 19.3 Å². The van der Waals surface area contributed by atoms with Gasteiger partial charge in [-0.1, -0.05) is 0 Å². The second-order valence-corrected chi connectivity index (χ2v) is 4.05. The Morgan fingerprint density at radius 3 is 3.15 bits per heavy atom. The summed E-state index contributed by atoms with van der Waals surface area (Å²) >= 11 is 1.43. The fourth-order valence-electron chi connectivity index (χ4n) is 1.40. The Balaban J connectivity index is 2.16. The Hall–Kier alpha value is -0.740. The summed E-state index contributed by atoms with van der Waals surface area (Å²) in [5, 5.41) is 2.58. The van der Waals surface area contributed by atoms with E-state index >= 15 is 0 Å². The van der Waals surface area contributed by atoms with E-state index in [2.05, 4.69) is 4.98 Å². The first kappa shape index (κ1) is 8.84. The fourth-order valence-corrected chi connectivity index (χ4v) is 2.20. The average molecular weight is 197 g/mol. The second-order valence-electron chi connectivity index (χ2n) is 3.19. The summed E-state index contributed by atoms with van der Waals surface area (Å²) in [5.74, 6) is 0.458. The monoisotopic (exact) mass is 197 g/mol. The van der Waals surface area contributed by atoms with Gasteiger partial charge in [-0.3, -0.25) is 4.79 Å². The Morgan fingerprint density at radius 2 is 2.62 bits per heavy atom. The molecular formula is C9H11NO2S. The summed E-state index contributed by atoms with van der Waals surface area (Å²) in [6.45, 7) is 3.12. The van der Waals surface area contributed by atoms with Crippen LogP contribution < -0.4 is 0 Å². The van der Waals surface area contributed by atoms with E-state index in [1.165, 1.54) is 11.3 Å². The van der Waals surface area contributed by atoms with Crippen LogP contribution >= 0.6 is 11.3 Å². The SMILES string of the molecule is CC(=O)c1nc(C2CCOC2)cs1. The summed E-state index contributed by atoms with van der Waals surface area (Å²) < 4.78 is 5.26. The van der Waals surface area contributed by atoms with Gasteiger partial charge in [0.05, 0.1) is 12.3 Å². The molecule has 0 spiro atoms. The topological polar surface area (TPSA) is 39.2 Å². The van der Waals surface area contributed by atoms with Crippen LogP contribution in [0.5, 0.6) is 0 Å². The minimum atomic E-state index is 0.0511. The van der Waals surface area contributed by atoms with Crippen LogP contribution in [0.2, 0.25) is 0 Å². The largest absolute Gasteiger partial charge is 0.381 e. The number of aromatic nitrogens is 1. The van der Waals surface area contributed by atoms with Crippen LogP contribution in [-0.4, -0.2) is 24.0 Å². The quantitative estimate of drug-likeness (QED) is 0.679. The molecule has 0 amide bonds. The highest BCUT2D eigenvalue weighted by Crippen LogP contribution is 2.26. The lowest BCUT2D eigenvalue weighted by Crippen LogP contribution is -1.99. The zero-order valence-electron chi connectivity index (χ0n) is 7.45. The van der Waals surface area contributed by atoms with E-state index in [1.807, 2.05) is 5.38 Å². The molecule has 1 aromatic heterocycles. The number of carbonyl (C=O) groups is 1. The van der Waals surface area contributed by atoms with Gasteiger partial charge in [-0.25, -0.2) is 4.98 Å². The van der Waals surface area contributed by atoms with Crippen molar-refractivity contribution in [3.8, 4) is 0 Å². The normalized spacial score (nSPS) is 22.1. The molecule has 1 saturated heterocycles. The van der Waals surface area contributed by atoms with Crippen molar-refractivity contribution in [3.63, 3.8) is 0 Å². The standard InChI is InChI=1S/C9H11NO2S/c1-6(11)9-10-8(5-13-9)7-2-3-12-4-7/h5,7H,2-4H2,1H3. The molecule has 2 heterocycles. The van der Waals surface area contributed by atoms with Gasteiger partial charge < -0.3 is 4.74 Å². The number of ketones is 1. The van der Waals surface area contributed by atoms with Gasteiger partial charge in [0.1, 0.15) is 0 Å². The summed E-state index contributed by atoms with van der Waals surface area (Å²) in [7, 11) is 0. The molecule has 1 aliphatic rings. The highest BCUT2D eigenvalue weighted by atomic mass is 32.1. The van der Waals surface area contributed by atoms with E-state index in [4.69, 9.17) is 4.74 Å². The molecule has 0 aliphatic carbocycles. The molecule has 0 aromatic carbocycles. The molecule has 1 atom stereocenters. The number of rotatable bonds is 2. The van der Waals surface area contributed by atoms with E-state index in [1.54, 1.807) is 6.92 Å². The fraction of sp³-hybridized carbons (Fsp3) is 0.556. The van der Waals surface area contributed by atoms with Crippen LogP contribution in [0, 0.1) is 0 Å². The number of nitrogens with zero attached hydrogens (tertiary/aromatic N) is 1. The lowest BCUT2D eigenvalue weighted by molar-refractivity contribution is 0.101. The van der Waals surface area contributed by atoms with E-state index < -0.39 is 0 Å². The molecule has 13 heavy (non-hydrogen) atoms. The third kappa shape index (κ3) is 1.78. The number of thiazole rings is 1. The molecule has 1 fully saturated rings. The number of Topliss-reactive ketones (excluding diaryl/α,β-unsaturated/α-hetero) is 1. The van der Waals surface area contributed by atoms with E-state index in [9.17, 15) is 4.79 Å². The lowest BCUT2D eigenvalue weighted by Gasteiger charge is -2.00. The lowest BCUT2D eigenvalue weighted by atomic mass is 10.1. The van der Waals surface area contributed by atoms with Crippen LogP contribution in [0.1, 0.15) is 34.8 Å². The Morgan fingerprint density at radius 1 is 1.77 bits per heavy atom. The maximum Gasteiger partial charge on any atom is 0.188 e. The van der Waals surface area contributed by atoms with Gasteiger partial charge in [-0.2, -0.15) is 0 Å². The smallest absolute Gasteiger partial charge is 0.188 e. The molecule has 1 aromatic rings. The van der Waals surface area contributed by atoms with Gasteiger partial charge in [0, 0.05) is 24.8 Å². The molecule has 0 saturated carbocycles. The van der Waals surface area contributed by atoms with E-state index in [0.29, 0.717) is 10.9 Å². The van der Waals surface area contributed by atoms with Gasteiger partial charge in [-0.15, -0.1) is 11.3 Å². The van der Waals surface area contributed by atoms with E-state index in [0.717, 1.165) is 25.3 Å².